The van der Waals surface area contributed by atoms with Gasteiger partial charge in [-0.25, -0.2) is 4.39 Å². The lowest BCUT2D eigenvalue weighted by molar-refractivity contribution is 0.221. The summed E-state index contributed by atoms with van der Waals surface area (Å²) >= 11 is 0. The molecule has 1 aliphatic rings. The maximum absolute atomic E-state index is 12.8. The standard InChI is InChI=1S/C15H22FNO/c1-11(2)17-15-5-3-4-12(15)10-18-14-8-6-13(16)7-9-14/h6-9,11-12,15,17H,3-5,10H2,1-2H3/t12-,15+/m1/s1. The fourth-order valence-electron chi connectivity index (χ4n) is 2.62. The quantitative estimate of drug-likeness (QED) is 0.866. The van der Waals surface area contributed by atoms with Crippen molar-refractivity contribution in [3.63, 3.8) is 0 Å². The second kappa shape index (κ2) is 6.19. The number of benzene rings is 1. The van der Waals surface area contributed by atoms with Crippen LogP contribution >= 0.6 is 0 Å². The molecule has 0 spiro atoms. The highest BCUT2D eigenvalue weighted by Crippen LogP contribution is 2.27. The molecule has 0 aliphatic heterocycles. The van der Waals surface area contributed by atoms with Gasteiger partial charge in [-0.1, -0.05) is 20.3 Å². The smallest absolute Gasteiger partial charge is 0.123 e. The molecule has 100 valence electrons. The van der Waals surface area contributed by atoms with Crippen LogP contribution in [0.15, 0.2) is 24.3 Å². The van der Waals surface area contributed by atoms with Crippen LogP contribution in [0, 0.1) is 11.7 Å². The maximum Gasteiger partial charge on any atom is 0.123 e. The van der Waals surface area contributed by atoms with E-state index in [0.29, 0.717) is 18.0 Å². The van der Waals surface area contributed by atoms with Gasteiger partial charge in [-0.05, 0) is 37.1 Å². The van der Waals surface area contributed by atoms with Gasteiger partial charge in [0.15, 0.2) is 0 Å². The molecule has 1 saturated carbocycles. The minimum Gasteiger partial charge on any atom is -0.493 e. The van der Waals surface area contributed by atoms with Gasteiger partial charge in [0.1, 0.15) is 11.6 Å². The Hall–Kier alpha value is -1.09. The van der Waals surface area contributed by atoms with Crippen LogP contribution in [0.4, 0.5) is 4.39 Å². The summed E-state index contributed by atoms with van der Waals surface area (Å²) in [7, 11) is 0. The van der Waals surface area contributed by atoms with Gasteiger partial charge in [0, 0.05) is 18.0 Å². The molecule has 0 saturated heterocycles. The van der Waals surface area contributed by atoms with Gasteiger partial charge in [-0.2, -0.15) is 0 Å². The van der Waals surface area contributed by atoms with E-state index in [9.17, 15) is 4.39 Å². The molecule has 2 atom stereocenters. The van der Waals surface area contributed by atoms with E-state index in [2.05, 4.69) is 19.2 Å². The number of ether oxygens (including phenoxy) is 1. The average molecular weight is 251 g/mol. The molecule has 1 N–H and O–H groups in total. The summed E-state index contributed by atoms with van der Waals surface area (Å²) in [6.07, 6.45) is 3.71. The van der Waals surface area contributed by atoms with Gasteiger partial charge in [0.05, 0.1) is 6.61 Å². The minimum atomic E-state index is -0.220. The van der Waals surface area contributed by atoms with Gasteiger partial charge >= 0.3 is 0 Å². The predicted molar refractivity (Wildman–Crippen MR) is 71.3 cm³/mol. The molecule has 2 rings (SSSR count). The van der Waals surface area contributed by atoms with Crippen molar-refractivity contribution in [2.24, 2.45) is 5.92 Å². The van der Waals surface area contributed by atoms with Crippen molar-refractivity contribution in [3.8, 4) is 5.75 Å². The Kier molecular flexibility index (Phi) is 4.59. The first-order valence-electron chi connectivity index (χ1n) is 6.79. The number of rotatable bonds is 5. The molecule has 0 radical (unpaired) electrons. The molecule has 1 aromatic carbocycles. The van der Waals surface area contributed by atoms with Crippen LogP contribution in [0.1, 0.15) is 33.1 Å². The van der Waals surface area contributed by atoms with Crippen molar-refractivity contribution >= 4 is 0 Å². The van der Waals surface area contributed by atoms with Crippen LogP contribution in [-0.2, 0) is 0 Å². The topological polar surface area (TPSA) is 21.3 Å². The third-order valence-electron chi connectivity index (χ3n) is 3.48. The lowest BCUT2D eigenvalue weighted by Crippen LogP contribution is -2.39. The predicted octanol–water partition coefficient (Wildman–Crippen LogP) is 3.37. The SMILES string of the molecule is CC(C)N[C@H]1CCC[C@@H]1COc1ccc(F)cc1. The van der Waals surface area contributed by atoms with Crippen LogP contribution in [0.2, 0.25) is 0 Å². The van der Waals surface area contributed by atoms with E-state index >= 15 is 0 Å². The highest BCUT2D eigenvalue weighted by atomic mass is 19.1. The van der Waals surface area contributed by atoms with Crippen LogP contribution < -0.4 is 10.1 Å². The largest absolute Gasteiger partial charge is 0.493 e. The van der Waals surface area contributed by atoms with Crippen molar-refractivity contribution in [1.29, 1.82) is 0 Å². The summed E-state index contributed by atoms with van der Waals surface area (Å²) in [5, 5.41) is 3.60. The number of hydrogen-bond acceptors (Lipinski definition) is 2. The molecule has 3 heteroatoms. The number of halogens is 1. The zero-order chi connectivity index (χ0) is 13.0. The van der Waals surface area contributed by atoms with Gasteiger partial charge in [0.2, 0.25) is 0 Å². The van der Waals surface area contributed by atoms with Crippen molar-refractivity contribution in [1.82, 2.24) is 5.32 Å². The third kappa shape index (κ3) is 3.70. The van der Waals surface area contributed by atoms with Gasteiger partial charge < -0.3 is 10.1 Å². The van der Waals surface area contributed by atoms with Crippen molar-refractivity contribution in [2.75, 3.05) is 6.61 Å². The number of nitrogens with one attached hydrogen (secondary N) is 1. The molecular weight excluding hydrogens is 229 g/mol. The van der Waals surface area contributed by atoms with Gasteiger partial charge in [-0.15, -0.1) is 0 Å². The van der Waals surface area contributed by atoms with E-state index in [4.69, 9.17) is 4.74 Å². The third-order valence-corrected chi connectivity index (χ3v) is 3.48. The summed E-state index contributed by atoms with van der Waals surface area (Å²) < 4.78 is 18.5. The molecule has 1 fully saturated rings. The zero-order valence-electron chi connectivity index (χ0n) is 11.2. The fourth-order valence-corrected chi connectivity index (χ4v) is 2.62. The summed E-state index contributed by atoms with van der Waals surface area (Å²) in [5.74, 6) is 1.10. The summed E-state index contributed by atoms with van der Waals surface area (Å²) in [5.41, 5.74) is 0. The monoisotopic (exact) mass is 251 g/mol. The Morgan fingerprint density at radius 3 is 2.67 bits per heavy atom. The summed E-state index contributed by atoms with van der Waals surface area (Å²) in [6.45, 7) is 5.07. The Balaban J connectivity index is 1.83. The van der Waals surface area contributed by atoms with E-state index in [1.54, 1.807) is 12.1 Å². The molecule has 18 heavy (non-hydrogen) atoms. The van der Waals surface area contributed by atoms with Gasteiger partial charge in [0.25, 0.3) is 0 Å². The minimum absolute atomic E-state index is 0.220. The first-order chi connectivity index (χ1) is 8.65. The molecule has 1 aromatic rings. The van der Waals surface area contributed by atoms with E-state index in [1.165, 1.54) is 31.4 Å². The molecule has 0 heterocycles. The Morgan fingerprint density at radius 2 is 2.00 bits per heavy atom. The van der Waals surface area contributed by atoms with Crippen LogP contribution in [-0.4, -0.2) is 18.7 Å². The molecule has 1 aliphatic carbocycles. The summed E-state index contributed by atoms with van der Waals surface area (Å²) in [4.78, 5) is 0. The first kappa shape index (κ1) is 13.3. The highest BCUT2D eigenvalue weighted by Gasteiger charge is 2.27. The Labute approximate surface area is 109 Å². The van der Waals surface area contributed by atoms with Gasteiger partial charge in [-0.3, -0.25) is 0 Å². The van der Waals surface area contributed by atoms with Crippen molar-refractivity contribution in [3.05, 3.63) is 30.1 Å². The Morgan fingerprint density at radius 1 is 1.28 bits per heavy atom. The average Bonchev–Trinajstić information content (AvgIpc) is 2.75. The van der Waals surface area contributed by atoms with E-state index in [-0.39, 0.29) is 5.82 Å². The second-order valence-electron chi connectivity index (χ2n) is 5.38. The molecule has 0 bridgehead atoms. The zero-order valence-corrected chi connectivity index (χ0v) is 11.2. The fraction of sp³-hybridized carbons (Fsp3) is 0.600. The lowest BCUT2D eigenvalue weighted by atomic mass is 10.0. The molecule has 0 unspecified atom stereocenters. The number of hydrogen-bond donors (Lipinski definition) is 1. The van der Waals surface area contributed by atoms with Crippen LogP contribution in [0.3, 0.4) is 0 Å². The molecule has 0 amide bonds. The van der Waals surface area contributed by atoms with Crippen molar-refractivity contribution < 1.29 is 9.13 Å². The molecular formula is C15H22FNO. The Bertz CT molecular complexity index is 363. The lowest BCUT2D eigenvalue weighted by Gasteiger charge is -2.23. The second-order valence-corrected chi connectivity index (χ2v) is 5.38. The molecule has 2 nitrogen and oxygen atoms in total. The first-order valence-corrected chi connectivity index (χ1v) is 6.79. The van der Waals surface area contributed by atoms with E-state index in [0.717, 1.165) is 12.4 Å². The summed E-state index contributed by atoms with van der Waals surface area (Å²) in [6, 6.07) is 7.33. The molecule has 0 aromatic heterocycles. The maximum atomic E-state index is 12.8. The van der Waals surface area contributed by atoms with E-state index < -0.39 is 0 Å². The van der Waals surface area contributed by atoms with Crippen LogP contribution in [0.5, 0.6) is 5.75 Å². The van der Waals surface area contributed by atoms with E-state index in [1.807, 2.05) is 0 Å². The van der Waals surface area contributed by atoms with Crippen molar-refractivity contribution in [2.45, 2.75) is 45.2 Å². The highest BCUT2D eigenvalue weighted by molar-refractivity contribution is 5.22. The normalized spacial score (nSPS) is 23.6. The van der Waals surface area contributed by atoms with Crippen LogP contribution in [0.25, 0.3) is 0 Å².